The number of halogens is 1. The SMILES string of the molecule is Cc1nc(N)ccc1Br.O=[N+]([O-])O. The molecular formula is C6H8BrN3O3. The lowest BCUT2D eigenvalue weighted by molar-refractivity contribution is -0.742. The third kappa shape index (κ3) is 5.85. The maximum absolute atomic E-state index is 8.36. The largest absolute Gasteiger partial charge is 0.384 e. The van der Waals surface area contributed by atoms with E-state index in [9.17, 15) is 0 Å². The molecule has 0 aliphatic carbocycles. The van der Waals surface area contributed by atoms with Crippen molar-refractivity contribution in [3.63, 3.8) is 0 Å². The predicted octanol–water partition coefficient (Wildman–Crippen LogP) is 1.39. The third-order valence-electron chi connectivity index (χ3n) is 1.04. The molecule has 13 heavy (non-hydrogen) atoms. The van der Waals surface area contributed by atoms with Gasteiger partial charge in [-0.05, 0) is 35.0 Å². The van der Waals surface area contributed by atoms with Gasteiger partial charge in [0.25, 0.3) is 5.09 Å². The number of hydrogen-bond acceptors (Lipinski definition) is 4. The maximum Gasteiger partial charge on any atom is 0.291 e. The molecule has 1 aromatic heterocycles. The maximum atomic E-state index is 8.36. The highest BCUT2D eigenvalue weighted by Crippen LogP contribution is 2.13. The second-order valence-electron chi connectivity index (χ2n) is 2.04. The van der Waals surface area contributed by atoms with Crippen LogP contribution >= 0.6 is 15.9 Å². The zero-order chi connectivity index (χ0) is 10.4. The van der Waals surface area contributed by atoms with Crippen molar-refractivity contribution in [2.45, 2.75) is 6.92 Å². The van der Waals surface area contributed by atoms with Crippen LogP contribution in [-0.4, -0.2) is 15.3 Å². The van der Waals surface area contributed by atoms with E-state index in [1.165, 1.54) is 0 Å². The second kappa shape index (κ2) is 5.31. The first-order chi connectivity index (χ1) is 5.93. The van der Waals surface area contributed by atoms with Gasteiger partial charge in [-0.3, -0.25) is 0 Å². The molecule has 0 atom stereocenters. The summed E-state index contributed by atoms with van der Waals surface area (Å²) in [6.45, 7) is 1.90. The predicted molar refractivity (Wildman–Crippen MR) is 49.9 cm³/mol. The Morgan fingerprint density at radius 1 is 1.69 bits per heavy atom. The lowest BCUT2D eigenvalue weighted by Gasteiger charge is -1.95. The van der Waals surface area contributed by atoms with Gasteiger partial charge in [-0.25, -0.2) is 4.98 Å². The van der Waals surface area contributed by atoms with Gasteiger partial charge in [0.05, 0.1) is 5.69 Å². The van der Waals surface area contributed by atoms with Crippen LogP contribution in [0.3, 0.4) is 0 Å². The third-order valence-corrected chi connectivity index (χ3v) is 1.88. The van der Waals surface area contributed by atoms with Gasteiger partial charge in [-0.2, -0.15) is 0 Å². The van der Waals surface area contributed by atoms with Crippen molar-refractivity contribution in [1.82, 2.24) is 4.98 Å². The molecule has 0 amide bonds. The van der Waals surface area contributed by atoms with Gasteiger partial charge in [-0.1, -0.05) is 0 Å². The summed E-state index contributed by atoms with van der Waals surface area (Å²) in [4.78, 5) is 12.4. The van der Waals surface area contributed by atoms with Gasteiger partial charge in [-0.15, -0.1) is 10.1 Å². The molecule has 1 heterocycles. The molecule has 0 aliphatic rings. The van der Waals surface area contributed by atoms with Crippen molar-refractivity contribution in [1.29, 1.82) is 0 Å². The number of anilines is 1. The highest BCUT2D eigenvalue weighted by atomic mass is 79.9. The van der Waals surface area contributed by atoms with Crippen molar-refractivity contribution in [2.24, 2.45) is 0 Å². The van der Waals surface area contributed by atoms with Gasteiger partial charge >= 0.3 is 0 Å². The van der Waals surface area contributed by atoms with E-state index in [4.69, 9.17) is 21.1 Å². The van der Waals surface area contributed by atoms with Crippen molar-refractivity contribution < 1.29 is 10.3 Å². The molecule has 0 aromatic carbocycles. The summed E-state index contributed by atoms with van der Waals surface area (Å²) < 4.78 is 0.997. The zero-order valence-corrected chi connectivity index (χ0v) is 8.35. The molecule has 1 rings (SSSR count). The van der Waals surface area contributed by atoms with E-state index in [1.54, 1.807) is 6.07 Å². The highest BCUT2D eigenvalue weighted by Gasteiger charge is 1.92. The number of aryl methyl sites for hydroxylation is 1. The van der Waals surface area contributed by atoms with Crippen LogP contribution in [0.25, 0.3) is 0 Å². The van der Waals surface area contributed by atoms with Crippen LogP contribution in [0.1, 0.15) is 5.69 Å². The van der Waals surface area contributed by atoms with Crippen molar-refractivity contribution in [2.75, 3.05) is 5.73 Å². The summed E-state index contributed by atoms with van der Waals surface area (Å²) in [5, 5.41) is 13.6. The summed E-state index contributed by atoms with van der Waals surface area (Å²) in [6.07, 6.45) is 0. The molecule has 0 spiro atoms. The second-order valence-corrected chi connectivity index (χ2v) is 2.90. The van der Waals surface area contributed by atoms with Crippen molar-refractivity contribution in [3.05, 3.63) is 32.4 Å². The minimum atomic E-state index is -1.50. The van der Waals surface area contributed by atoms with Gasteiger partial charge in [0.15, 0.2) is 0 Å². The Hall–Kier alpha value is -1.37. The van der Waals surface area contributed by atoms with Gasteiger partial charge in [0, 0.05) is 4.47 Å². The smallest absolute Gasteiger partial charge is 0.291 e. The van der Waals surface area contributed by atoms with E-state index >= 15 is 0 Å². The lowest BCUT2D eigenvalue weighted by atomic mass is 10.4. The normalized spacial score (nSPS) is 8.46. The quantitative estimate of drug-likeness (QED) is 0.535. The average molecular weight is 250 g/mol. The number of nitrogen functional groups attached to an aromatic ring is 1. The van der Waals surface area contributed by atoms with Crippen LogP contribution in [0.5, 0.6) is 0 Å². The molecule has 0 radical (unpaired) electrons. The van der Waals surface area contributed by atoms with E-state index in [-0.39, 0.29) is 0 Å². The standard InChI is InChI=1S/C6H7BrN2.HNO3/c1-4-5(7)2-3-6(8)9-4;2-1(3)4/h2-3H,1H3,(H2,8,9);(H,2,3,4). The fraction of sp³-hybridized carbons (Fsp3) is 0.167. The molecule has 72 valence electrons. The first-order valence-electron chi connectivity index (χ1n) is 3.15. The Labute approximate surface area is 82.6 Å². The summed E-state index contributed by atoms with van der Waals surface area (Å²) >= 11 is 3.31. The summed E-state index contributed by atoms with van der Waals surface area (Å²) in [6, 6.07) is 3.65. The Kier molecular flexibility index (Phi) is 4.75. The van der Waals surface area contributed by atoms with E-state index in [0.29, 0.717) is 5.82 Å². The first kappa shape index (κ1) is 11.6. The molecular weight excluding hydrogens is 242 g/mol. The fourth-order valence-electron chi connectivity index (χ4n) is 0.563. The first-order valence-corrected chi connectivity index (χ1v) is 3.94. The zero-order valence-electron chi connectivity index (χ0n) is 6.77. The van der Waals surface area contributed by atoms with E-state index in [2.05, 4.69) is 20.9 Å². The van der Waals surface area contributed by atoms with Crippen LogP contribution in [0.4, 0.5) is 5.82 Å². The molecule has 1 aromatic rings. The number of nitrogens with zero attached hydrogens (tertiary/aromatic N) is 2. The van der Waals surface area contributed by atoms with Crippen molar-refractivity contribution in [3.8, 4) is 0 Å². The van der Waals surface area contributed by atoms with Crippen LogP contribution in [0.2, 0.25) is 0 Å². The Balaban J connectivity index is 0.000000310. The average Bonchev–Trinajstić information content (AvgIpc) is 1.96. The molecule has 0 bridgehead atoms. The van der Waals surface area contributed by atoms with Gasteiger partial charge in [0.1, 0.15) is 5.82 Å². The van der Waals surface area contributed by atoms with Crippen molar-refractivity contribution >= 4 is 21.7 Å². The Morgan fingerprint density at radius 3 is 2.46 bits per heavy atom. The van der Waals surface area contributed by atoms with Gasteiger partial charge in [0.2, 0.25) is 0 Å². The molecule has 3 N–H and O–H groups in total. The number of aromatic nitrogens is 1. The number of rotatable bonds is 0. The summed E-state index contributed by atoms with van der Waals surface area (Å²) in [5.74, 6) is 0.565. The van der Waals surface area contributed by atoms with Crippen LogP contribution in [0.15, 0.2) is 16.6 Å². The molecule has 0 aliphatic heterocycles. The highest BCUT2D eigenvalue weighted by molar-refractivity contribution is 9.10. The molecule has 0 unspecified atom stereocenters. The Morgan fingerprint density at radius 2 is 2.15 bits per heavy atom. The van der Waals surface area contributed by atoms with E-state index in [1.807, 2.05) is 13.0 Å². The minimum Gasteiger partial charge on any atom is -0.384 e. The summed E-state index contributed by atoms with van der Waals surface area (Å²) in [7, 11) is 0. The van der Waals surface area contributed by atoms with E-state index < -0.39 is 5.09 Å². The molecule has 0 fully saturated rings. The molecule has 0 saturated carbocycles. The lowest BCUT2D eigenvalue weighted by Crippen LogP contribution is -1.91. The number of nitrogens with two attached hydrogens (primary N) is 1. The van der Waals surface area contributed by atoms with E-state index in [0.717, 1.165) is 10.2 Å². The minimum absolute atomic E-state index is 0.565. The summed E-state index contributed by atoms with van der Waals surface area (Å²) in [5.41, 5.74) is 6.32. The molecule has 6 nitrogen and oxygen atoms in total. The molecule has 7 heteroatoms. The topological polar surface area (TPSA) is 102 Å². The monoisotopic (exact) mass is 249 g/mol. The van der Waals surface area contributed by atoms with Crippen LogP contribution in [-0.2, 0) is 0 Å². The Bertz CT molecular complexity index is 301. The number of hydrogen-bond donors (Lipinski definition) is 2. The fourth-order valence-corrected chi connectivity index (χ4v) is 0.784. The van der Waals surface area contributed by atoms with Crippen LogP contribution < -0.4 is 5.73 Å². The van der Waals surface area contributed by atoms with Gasteiger partial charge < -0.3 is 10.9 Å². The number of pyridine rings is 1. The molecule has 0 saturated heterocycles. The van der Waals surface area contributed by atoms with Crippen LogP contribution in [0, 0.1) is 17.0 Å².